The van der Waals surface area contributed by atoms with Gasteiger partial charge in [0.1, 0.15) is 11.5 Å². The Kier molecular flexibility index (Phi) is 3.24. The van der Waals surface area contributed by atoms with Crippen molar-refractivity contribution in [2.75, 3.05) is 5.32 Å². The van der Waals surface area contributed by atoms with Gasteiger partial charge in [0.15, 0.2) is 6.10 Å². The van der Waals surface area contributed by atoms with Gasteiger partial charge in [0.05, 0.1) is 5.69 Å². The molecule has 0 radical (unpaired) electrons. The molecule has 2 aromatic carbocycles. The molecule has 1 atom stereocenters. The number of carbonyl (C=O) groups is 1. The zero-order valence-electron chi connectivity index (χ0n) is 10.5. The van der Waals surface area contributed by atoms with E-state index in [1.165, 1.54) is 6.07 Å². The zero-order chi connectivity index (χ0) is 14.1. The minimum Gasteiger partial charge on any atom is -0.506 e. The highest BCUT2D eigenvalue weighted by molar-refractivity contribution is 6.30. The summed E-state index contributed by atoms with van der Waals surface area (Å²) >= 11 is 5.91. The molecule has 3 rings (SSSR count). The standard InChI is InChI=1S/C15H12ClNO3/c16-10-5-6-13-9(7-10)8-14(20-13)15(19)17-11-3-1-2-4-12(11)18/h1-7,14,18H,8H2,(H,17,19). The van der Waals surface area contributed by atoms with Crippen molar-refractivity contribution in [1.29, 1.82) is 0 Å². The third kappa shape index (κ3) is 2.42. The summed E-state index contributed by atoms with van der Waals surface area (Å²) in [4.78, 5) is 12.1. The van der Waals surface area contributed by atoms with Gasteiger partial charge in [0.25, 0.3) is 5.91 Å². The molecule has 5 heteroatoms. The smallest absolute Gasteiger partial charge is 0.265 e. The maximum Gasteiger partial charge on any atom is 0.265 e. The number of anilines is 1. The molecular weight excluding hydrogens is 278 g/mol. The molecule has 0 fully saturated rings. The van der Waals surface area contributed by atoms with Crippen molar-refractivity contribution in [3.05, 3.63) is 53.1 Å². The lowest BCUT2D eigenvalue weighted by Gasteiger charge is -2.12. The Bertz CT molecular complexity index is 672. The third-order valence-electron chi connectivity index (χ3n) is 3.15. The maximum atomic E-state index is 12.1. The fraction of sp³-hybridized carbons (Fsp3) is 0.133. The van der Waals surface area contributed by atoms with Gasteiger partial charge in [-0.1, -0.05) is 23.7 Å². The molecule has 20 heavy (non-hydrogen) atoms. The molecule has 2 N–H and O–H groups in total. The molecule has 1 amide bonds. The van der Waals surface area contributed by atoms with E-state index in [4.69, 9.17) is 16.3 Å². The Morgan fingerprint density at radius 1 is 1.30 bits per heavy atom. The van der Waals surface area contributed by atoms with E-state index in [2.05, 4.69) is 5.32 Å². The van der Waals surface area contributed by atoms with Crippen LogP contribution in [-0.2, 0) is 11.2 Å². The van der Waals surface area contributed by atoms with Crippen molar-refractivity contribution >= 4 is 23.2 Å². The summed E-state index contributed by atoms with van der Waals surface area (Å²) in [7, 11) is 0. The summed E-state index contributed by atoms with van der Waals surface area (Å²) in [5.74, 6) is 0.407. The molecule has 1 aliphatic heterocycles. The van der Waals surface area contributed by atoms with Crippen molar-refractivity contribution in [2.24, 2.45) is 0 Å². The second-order valence-electron chi connectivity index (χ2n) is 4.57. The second-order valence-corrected chi connectivity index (χ2v) is 5.01. The largest absolute Gasteiger partial charge is 0.506 e. The van der Waals surface area contributed by atoms with E-state index in [1.54, 1.807) is 36.4 Å². The minimum atomic E-state index is -0.608. The molecule has 0 aliphatic carbocycles. The molecule has 0 bridgehead atoms. The van der Waals surface area contributed by atoms with E-state index >= 15 is 0 Å². The Morgan fingerprint density at radius 2 is 2.10 bits per heavy atom. The number of fused-ring (bicyclic) bond motifs is 1. The number of ether oxygens (including phenoxy) is 1. The van der Waals surface area contributed by atoms with Gasteiger partial charge in [-0.25, -0.2) is 0 Å². The summed E-state index contributed by atoms with van der Waals surface area (Å²) in [6.45, 7) is 0. The number of benzene rings is 2. The number of phenols is 1. The molecule has 0 spiro atoms. The first-order valence-corrected chi connectivity index (χ1v) is 6.55. The highest BCUT2D eigenvalue weighted by Crippen LogP contribution is 2.32. The molecule has 0 saturated heterocycles. The average Bonchev–Trinajstić information content (AvgIpc) is 2.84. The number of halogens is 1. The number of hydrogen-bond donors (Lipinski definition) is 2. The molecule has 2 aromatic rings. The van der Waals surface area contributed by atoms with Crippen LogP contribution in [-0.4, -0.2) is 17.1 Å². The number of phenolic OH excluding ortho intramolecular Hbond substituents is 1. The topological polar surface area (TPSA) is 58.6 Å². The lowest BCUT2D eigenvalue weighted by atomic mass is 10.1. The number of amides is 1. The highest BCUT2D eigenvalue weighted by Gasteiger charge is 2.29. The van der Waals surface area contributed by atoms with Gasteiger partial charge in [0.2, 0.25) is 0 Å². The number of aromatic hydroxyl groups is 1. The summed E-state index contributed by atoms with van der Waals surface area (Å²) in [6, 6.07) is 11.8. The maximum absolute atomic E-state index is 12.1. The second kappa shape index (κ2) is 5.06. The lowest BCUT2D eigenvalue weighted by Crippen LogP contribution is -2.31. The van der Waals surface area contributed by atoms with E-state index in [-0.39, 0.29) is 11.7 Å². The molecule has 1 unspecified atom stereocenters. The lowest BCUT2D eigenvalue weighted by molar-refractivity contribution is -0.122. The molecule has 1 heterocycles. The van der Waals surface area contributed by atoms with Crippen LogP contribution in [0.15, 0.2) is 42.5 Å². The van der Waals surface area contributed by atoms with E-state index < -0.39 is 6.10 Å². The number of carbonyl (C=O) groups excluding carboxylic acids is 1. The molecule has 0 saturated carbocycles. The Hall–Kier alpha value is -2.20. The van der Waals surface area contributed by atoms with Gasteiger partial charge in [-0.2, -0.15) is 0 Å². The summed E-state index contributed by atoms with van der Waals surface area (Å²) in [6.07, 6.45) is -0.141. The van der Waals surface area contributed by atoms with Crippen LogP contribution in [0.2, 0.25) is 5.02 Å². The first-order chi connectivity index (χ1) is 9.63. The van der Waals surface area contributed by atoms with Crippen LogP contribution in [0, 0.1) is 0 Å². The first kappa shape index (κ1) is 12.8. The van der Waals surface area contributed by atoms with Crippen LogP contribution in [0.25, 0.3) is 0 Å². The zero-order valence-corrected chi connectivity index (χ0v) is 11.2. The monoisotopic (exact) mass is 289 g/mol. The van der Waals surface area contributed by atoms with Crippen molar-refractivity contribution in [2.45, 2.75) is 12.5 Å². The number of nitrogens with one attached hydrogen (secondary N) is 1. The number of hydrogen-bond acceptors (Lipinski definition) is 3. The molecule has 102 valence electrons. The quantitative estimate of drug-likeness (QED) is 0.836. The molecule has 4 nitrogen and oxygen atoms in total. The number of rotatable bonds is 2. The first-order valence-electron chi connectivity index (χ1n) is 6.17. The summed E-state index contributed by atoms with van der Waals surface area (Å²) < 4.78 is 5.58. The normalized spacial score (nSPS) is 16.4. The highest BCUT2D eigenvalue weighted by atomic mass is 35.5. The SMILES string of the molecule is O=C(Nc1ccccc1O)C1Cc2cc(Cl)ccc2O1. The van der Waals surface area contributed by atoms with Crippen LogP contribution >= 0.6 is 11.6 Å². The fourth-order valence-corrected chi connectivity index (χ4v) is 2.35. The Morgan fingerprint density at radius 3 is 2.90 bits per heavy atom. The Balaban J connectivity index is 1.73. The predicted octanol–water partition coefficient (Wildman–Crippen LogP) is 2.99. The molecule has 1 aliphatic rings. The van der Waals surface area contributed by atoms with Gasteiger partial charge in [-0.05, 0) is 35.9 Å². The van der Waals surface area contributed by atoms with Crippen LogP contribution in [0.4, 0.5) is 5.69 Å². The summed E-state index contributed by atoms with van der Waals surface area (Å²) in [5, 5.41) is 12.9. The van der Waals surface area contributed by atoms with Crippen LogP contribution in [0.5, 0.6) is 11.5 Å². The van der Waals surface area contributed by atoms with Gasteiger partial charge >= 0.3 is 0 Å². The van der Waals surface area contributed by atoms with Crippen LogP contribution in [0.3, 0.4) is 0 Å². The van der Waals surface area contributed by atoms with Crippen molar-refractivity contribution in [1.82, 2.24) is 0 Å². The van der Waals surface area contributed by atoms with Gasteiger partial charge < -0.3 is 15.2 Å². The van der Waals surface area contributed by atoms with Gasteiger partial charge in [-0.3, -0.25) is 4.79 Å². The summed E-state index contributed by atoms with van der Waals surface area (Å²) in [5.41, 5.74) is 1.28. The predicted molar refractivity (Wildman–Crippen MR) is 76.3 cm³/mol. The van der Waals surface area contributed by atoms with Crippen LogP contribution < -0.4 is 10.1 Å². The van der Waals surface area contributed by atoms with Gasteiger partial charge in [0, 0.05) is 11.4 Å². The van der Waals surface area contributed by atoms with Crippen molar-refractivity contribution < 1.29 is 14.6 Å². The van der Waals surface area contributed by atoms with Crippen molar-refractivity contribution in [3.63, 3.8) is 0 Å². The Labute approximate surface area is 120 Å². The minimum absolute atomic E-state index is 0.0272. The van der Waals surface area contributed by atoms with E-state index in [1.807, 2.05) is 0 Å². The fourth-order valence-electron chi connectivity index (χ4n) is 2.16. The molecular formula is C15H12ClNO3. The van der Waals surface area contributed by atoms with Crippen molar-refractivity contribution in [3.8, 4) is 11.5 Å². The number of para-hydroxylation sites is 2. The van der Waals surface area contributed by atoms with E-state index in [9.17, 15) is 9.90 Å². The average molecular weight is 290 g/mol. The van der Waals surface area contributed by atoms with E-state index in [0.29, 0.717) is 22.9 Å². The third-order valence-corrected chi connectivity index (χ3v) is 3.39. The van der Waals surface area contributed by atoms with Crippen LogP contribution in [0.1, 0.15) is 5.56 Å². The van der Waals surface area contributed by atoms with Gasteiger partial charge in [-0.15, -0.1) is 0 Å². The van der Waals surface area contributed by atoms with E-state index in [0.717, 1.165) is 5.56 Å². The molecule has 0 aromatic heterocycles.